The third kappa shape index (κ3) is 4.93. The van der Waals surface area contributed by atoms with E-state index in [0.717, 1.165) is 8.66 Å². The van der Waals surface area contributed by atoms with E-state index in [9.17, 15) is 5.11 Å². The quantitative estimate of drug-likeness (QED) is 0.856. The second-order valence-electron chi connectivity index (χ2n) is 2.75. The molecule has 2 unspecified atom stereocenters. The molecule has 0 fully saturated rings. The van der Waals surface area contributed by atoms with Gasteiger partial charge in [0.15, 0.2) is 0 Å². The van der Waals surface area contributed by atoms with E-state index in [1.807, 2.05) is 26.0 Å². The highest BCUT2D eigenvalue weighted by Gasteiger charge is 2.17. The van der Waals surface area contributed by atoms with Crippen LogP contribution in [0.1, 0.15) is 24.8 Å². The topological polar surface area (TPSA) is 29.5 Å². The van der Waals surface area contributed by atoms with Gasteiger partial charge in [0.25, 0.3) is 0 Å². The Labute approximate surface area is 104 Å². The minimum atomic E-state index is -0.517. The number of thiophene rings is 1. The lowest BCUT2D eigenvalue weighted by Crippen LogP contribution is -2.17. The Balaban J connectivity index is 0.000000921. The molecule has 0 amide bonds. The first-order chi connectivity index (χ1) is 7.15. The fraction of sp³-hybridized carbons (Fsp3) is 0.455. The zero-order chi connectivity index (χ0) is 11.8. The molecule has 86 valence electrons. The number of aliphatic hydroxyl groups excluding tert-OH is 1. The van der Waals surface area contributed by atoms with Gasteiger partial charge in [0, 0.05) is 11.5 Å². The van der Waals surface area contributed by atoms with Crippen LogP contribution in [0.5, 0.6) is 0 Å². The molecule has 15 heavy (non-hydrogen) atoms. The third-order valence-corrected chi connectivity index (χ3v) is 3.45. The van der Waals surface area contributed by atoms with Crippen molar-refractivity contribution in [3.63, 3.8) is 0 Å². The van der Waals surface area contributed by atoms with Crippen LogP contribution in [0.15, 0.2) is 29.1 Å². The zero-order valence-corrected chi connectivity index (χ0v) is 11.5. The van der Waals surface area contributed by atoms with E-state index in [0.29, 0.717) is 6.61 Å². The Morgan fingerprint density at radius 3 is 2.53 bits per heavy atom. The van der Waals surface area contributed by atoms with E-state index in [1.165, 1.54) is 11.3 Å². The Morgan fingerprint density at radius 2 is 2.13 bits per heavy atom. The average molecular weight is 293 g/mol. The van der Waals surface area contributed by atoms with E-state index < -0.39 is 6.10 Å². The standard InChI is InChI=1S/C9H13BrO2S.C2H4/c1-3-12-6(2)9(11)7-4-5-8(10)13-7;1-2/h4-6,9,11H,3H2,1-2H3;1-2H2. The fourth-order valence-corrected chi connectivity index (χ4v) is 2.58. The Morgan fingerprint density at radius 1 is 1.53 bits per heavy atom. The van der Waals surface area contributed by atoms with Crippen LogP contribution in [-0.4, -0.2) is 17.8 Å². The lowest BCUT2D eigenvalue weighted by atomic mass is 10.2. The van der Waals surface area contributed by atoms with E-state index in [2.05, 4.69) is 29.1 Å². The molecule has 0 aliphatic heterocycles. The molecule has 1 N–H and O–H groups in total. The molecule has 1 aromatic rings. The number of ether oxygens (including phenoxy) is 1. The molecular formula is C11H17BrO2S. The molecule has 0 aliphatic carbocycles. The highest BCUT2D eigenvalue weighted by atomic mass is 79.9. The van der Waals surface area contributed by atoms with E-state index in [4.69, 9.17) is 4.74 Å². The summed E-state index contributed by atoms with van der Waals surface area (Å²) in [6, 6.07) is 3.84. The van der Waals surface area contributed by atoms with Gasteiger partial charge >= 0.3 is 0 Å². The predicted octanol–water partition coefficient (Wildman–Crippen LogP) is 3.77. The van der Waals surface area contributed by atoms with Crippen LogP contribution in [-0.2, 0) is 4.74 Å². The number of rotatable bonds is 4. The van der Waals surface area contributed by atoms with Crippen LogP contribution >= 0.6 is 27.3 Å². The molecule has 2 atom stereocenters. The van der Waals surface area contributed by atoms with Gasteiger partial charge < -0.3 is 9.84 Å². The van der Waals surface area contributed by atoms with Crippen molar-refractivity contribution < 1.29 is 9.84 Å². The molecule has 0 aliphatic rings. The van der Waals surface area contributed by atoms with Crippen molar-refractivity contribution in [3.05, 3.63) is 34.0 Å². The first-order valence-electron chi connectivity index (χ1n) is 4.70. The van der Waals surface area contributed by atoms with Gasteiger partial charge in [-0.25, -0.2) is 0 Å². The Kier molecular flexibility index (Phi) is 7.96. The van der Waals surface area contributed by atoms with Crippen LogP contribution in [0.25, 0.3) is 0 Å². The lowest BCUT2D eigenvalue weighted by Gasteiger charge is -2.17. The van der Waals surface area contributed by atoms with Crippen LogP contribution in [0.2, 0.25) is 0 Å². The molecule has 0 saturated heterocycles. The summed E-state index contributed by atoms with van der Waals surface area (Å²) in [7, 11) is 0. The van der Waals surface area contributed by atoms with Gasteiger partial charge in [-0.05, 0) is 41.9 Å². The lowest BCUT2D eigenvalue weighted by molar-refractivity contribution is -0.0211. The van der Waals surface area contributed by atoms with E-state index in [1.54, 1.807) is 0 Å². The van der Waals surface area contributed by atoms with E-state index >= 15 is 0 Å². The van der Waals surface area contributed by atoms with Crippen LogP contribution in [0, 0.1) is 0 Å². The van der Waals surface area contributed by atoms with Gasteiger partial charge in [0.05, 0.1) is 9.89 Å². The smallest absolute Gasteiger partial charge is 0.114 e. The van der Waals surface area contributed by atoms with Gasteiger partial charge in [-0.1, -0.05) is 0 Å². The van der Waals surface area contributed by atoms with Gasteiger partial charge in [-0.15, -0.1) is 24.5 Å². The zero-order valence-electron chi connectivity index (χ0n) is 9.07. The highest BCUT2D eigenvalue weighted by molar-refractivity contribution is 9.11. The molecule has 0 aromatic carbocycles. The molecule has 0 saturated carbocycles. The molecule has 1 heterocycles. The van der Waals surface area contributed by atoms with Crippen molar-refractivity contribution in [3.8, 4) is 0 Å². The SMILES string of the molecule is C=C.CCOC(C)C(O)c1ccc(Br)s1. The van der Waals surface area contributed by atoms with Crippen molar-refractivity contribution in [2.75, 3.05) is 6.61 Å². The average Bonchev–Trinajstić information content (AvgIpc) is 2.67. The molecule has 0 spiro atoms. The number of aliphatic hydroxyl groups is 1. The Bertz CT molecular complexity index is 275. The minimum absolute atomic E-state index is 0.143. The van der Waals surface area contributed by atoms with Gasteiger partial charge in [-0.3, -0.25) is 0 Å². The van der Waals surface area contributed by atoms with Crippen molar-refractivity contribution in [2.45, 2.75) is 26.1 Å². The summed E-state index contributed by atoms with van der Waals surface area (Å²) in [5, 5.41) is 9.80. The predicted molar refractivity (Wildman–Crippen MR) is 69.3 cm³/mol. The summed E-state index contributed by atoms with van der Waals surface area (Å²) in [5.41, 5.74) is 0. The number of hydrogen-bond acceptors (Lipinski definition) is 3. The van der Waals surface area contributed by atoms with Gasteiger partial charge in [0.1, 0.15) is 6.10 Å². The van der Waals surface area contributed by atoms with Crippen LogP contribution in [0.3, 0.4) is 0 Å². The Hall–Kier alpha value is -0.160. The van der Waals surface area contributed by atoms with E-state index in [-0.39, 0.29) is 6.10 Å². The summed E-state index contributed by atoms with van der Waals surface area (Å²) in [6.07, 6.45) is -0.660. The monoisotopic (exact) mass is 292 g/mol. The number of hydrogen-bond donors (Lipinski definition) is 1. The van der Waals surface area contributed by atoms with Crippen molar-refractivity contribution in [1.82, 2.24) is 0 Å². The van der Waals surface area contributed by atoms with Gasteiger partial charge in [0.2, 0.25) is 0 Å². The maximum atomic E-state index is 9.80. The molecular weight excluding hydrogens is 276 g/mol. The summed E-state index contributed by atoms with van der Waals surface area (Å²) in [6.45, 7) is 10.4. The fourth-order valence-electron chi connectivity index (χ4n) is 1.07. The summed E-state index contributed by atoms with van der Waals surface area (Å²) >= 11 is 4.89. The maximum absolute atomic E-state index is 9.80. The molecule has 1 rings (SSSR count). The molecule has 4 heteroatoms. The summed E-state index contributed by atoms with van der Waals surface area (Å²) in [5.74, 6) is 0. The molecule has 1 aromatic heterocycles. The largest absolute Gasteiger partial charge is 0.385 e. The van der Waals surface area contributed by atoms with Crippen LogP contribution in [0.4, 0.5) is 0 Å². The third-order valence-electron chi connectivity index (χ3n) is 1.76. The molecule has 2 nitrogen and oxygen atoms in total. The van der Waals surface area contributed by atoms with Crippen molar-refractivity contribution >= 4 is 27.3 Å². The normalized spacial score (nSPS) is 13.9. The maximum Gasteiger partial charge on any atom is 0.114 e. The minimum Gasteiger partial charge on any atom is -0.385 e. The highest BCUT2D eigenvalue weighted by Crippen LogP contribution is 2.29. The first-order valence-corrected chi connectivity index (χ1v) is 6.31. The van der Waals surface area contributed by atoms with Crippen molar-refractivity contribution in [2.24, 2.45) is 0 Å². The molecule has 0 radical (unpaired) electrons. The second-order valence-corrected chi connectivity index (χ2v) is 5.24. The summed E-state index contributed by atoms with van der Waals surface area (Å²) in [4.78, 5) is 0.938. The number of halogens is 1. The summed E-state index contributed by atoms with van der Waals surface area (Å²) < 4.78 is 6.34. The molecule has 0 bridgehead atoms. The van der Waals surface area contributed by atoms with Crippen LogP contribution < -0.4 is 0 Å². The van der Waals surface area contributed by atoms with Crippen molar-refractivity contribution in [1.29, 1.82) is 0 Å². The van der Waals surface area contributed by atoms with Gasteiger partial charge in [-0.2, -0.15) is 0 Å². The second kappa shape index (κ2) is 8.05. The first kappa shape index (κ1) is 14.8.